The molecule has 20 heavy (non-hydrogen) atoms. The number of hydrogen-bond donors (Lipinski definition) is 0. The van der Waals surface area contributed by atoms with Gasteiger partial charge in [0.2, 0.25) is 6.20 Å². The highest BCUT2D eigenvalue weighted by atomic mass is 16.6. The minimum absolute atomic E-state index is 0.138. The van der Waals surface area contributed by atoms with Crippen molar-refractivity contribution in [3.05, 3.63) is 82.7 Å². The highest BCUT2D eigenvalue weighted by molar-refractivity contribution is 5.88. The maximum absolute atomic E-state index is 11.2. The van der Waals surface area contributed by atoms with E-state index in [0.717, 1.165) is 10.9 Å². The summed E-state index contributed by atoms with van der Waals surface area (Å²) in [5, 5.41) is 12.8. The van der Waals surface area contributed by atoms with E-state index in [1.165, 1.54) is 0 Å². The van der Waals surface area contributed by atoms with Gasteiger partial charge in [-0.05, 0) is 12.1 Å². The first kappa shape index (κ1) is 12.3. The molecule has 0 aliphatic carbocycles. The normalized spacial score (nSPS) is 10.6. The molecule has 0 aliphatic heterocycles. The van der Waals surface area contributed by atoms with Gasteiger partial charge >= 0.3 is 5.69 Å². The van der Waals surface area contributed by atoms with Crippen LogP contribution in [0.4, 0.5) is 5.69 Å². The fourth-order valence-corrected chi connectivity index (χ4v) is 2.32. The molecule has 3 aromatic rings. The van der Waals surface area contributed by atoms with Crippen molar-refractivity contribution in [1.29, 1.82) is 0 Å². The van der Waals surface area contributed by atoms with Crippen LogP contribution >= 0.6 is 0 Å². The van der Waals surface area contributed by atoms with Crippen molar-refractivity contribution in [2.45, 2.75) is 6.54 Å². The largest absolute Gasteiger partial charge is 0.340 e. The molecular weight excluding hydrogens is 252 g/mol. The van der Waals surface area contributed by atoms with E-state index in [2.05, 4.69) is 0 Å². The maximum atomic E-state index is 11.2. The zero-order valence-electron chi connectivity index (χ0n) is 10.8. The van der Waals surface area contributed by atoms with Gasteiger partial charge in [-0.15, -0.1) is 0 Å². The molecule has 4 nitrogen and oxygen atoms in total. The second-order valence-corrected chi connectivity index (χ2v) is 4.65. The van der Waals surface area contributed by atoms with Gasteiger partial charge in [0, 0.05) is 5.56 Å². The zero-order valence-corrected chi connectivity index (χ0v) is 10.8. The molecule has 98 valence electrons. The summed E-state index contributed by atoms with van der Waals surface area (Å²) in [5.74, 6) is 0. The summed E-state index contributed by atoms with van der Waals surface area (Å²) < 4.78 is 1.86. The van der Waals surface area contributed by atoms with Gasteiger partial charge in [0.1, 0.15) is 0 Å². The Morgan fingerprint density at radius 1 is 0.950 bits per heavy atom. The number of hydrogen-bond acceptors (Lipinski definition) is 2. The lowest BCUT2D eigenvalue weighted by Gasteiger charge is -2.01. The van der Waals surface area contributed by atoms with Gasteiger partial charge in [0.05, 0.1) is 15.7 Å². The summed E-state index contributed by atoms with van der Waals surface area (Å²) in [6.07, 6.45) is 3.53. The molecule has 0 radical (unpaired) electrons. The average molecular weight is 265 g/mol. The van der Waals surface area contributed by atoms with Crippen LogP contribution in [0.25, 0.3) is 10.8 Å². The number of pyridine rings is 1. The summed E-state index contributed by atoms with van der Waals surface area (Å²) in [4.78, 5) is 10.9. The molecule has 0 atom stereocenters. The third-order valence-corrected chi connectivity index (χ3v) is 3.23. The van der Waals surface area contributed by atoms with E-state index in [9.17, 15) is 10.1 Å². The van der Waals surface area contributed by atoms with Crippen LogP contribution in [0.1, 0.15) is 5.56 Å². The van der Waals surface area contributed by atoms with Crippen molar-refractivity contribution in [3.63, 3.8) is 0 Å². The minimum Gasteiger partial charge on any atom is -0.258 e. The van der Waals surface area contributed by atoms with Crippen molar-refractivity contribution in [3.8, 4) is 0 Å². The van der Waals surface area contributed by atoms with Crippen LogP contribution in [0, 0.1) is 10.1 Å². The predicted molar refractivity (Wildman–Crippen MR) is 76.3 cm³/mol. The van der Waals surface area contributed by atoms with Crippen LogP contribution < -0.4 is 4.57 Å². The topological polar surface area (TPSA) is 47.0 Å². The molecule has 0 amide bonds. The number of nitro groups is 1. The quantitative estimate of drug-likeness (QED) is 0.415. The van der Waals surface area contributed by atoms with Gasteiger partial charge in [0.25, 0.3) is 0 Å². The summed E-state index contributed by atoms with van der Waals surface area (Å²) in [5.41, 5.74) is 1.25. The Labute approximate surface area is 116 Å². The maximum Gasteiger partial charge on any atom is 0.340 e. The van der Waals surface area contributed by atoms with E-state index in [1.54, 1.807) is 12.3 Å². The van der Waals surface area contributed by atoms with Crippen LogP contribution in [0.3, 0.4) is 0 Å². The van der Waals surface area contributed by atoms with E-state index in [4.69, 9.17) is 0 Å². The number of nitrogens with zero attached hydrogens (tertiary/aromatic N) is 2. The van der Waals surface area contributed by atoms with Crippen molar-refractivity contribution < 1.29 is 9.49 Å². The number of benzene rings is 2. The van der Waals surface area contributed by atoms with Crippen molar-refractivity contribution in [2.75, 3.05) is 0 Å². The predicted octanol–water partition coefficient (Wildman–Crippen LogP) is 3.08. The molecule has 0 aliphatic rings. The van der Waals surface area contributed by atoms with Crippen LogP contribution in [0.15, 0.2) is 67.0 Å². The Balaban J connectivity index is 2.10. The first-order chi connectivity index (χ1) is 9.74. The Morgan fingerprint density at radius 2 is 1.65 bits per heavy atom. The van der Waals surface area contributed by atoms with Gasteiger partial charge in [-0.25, -0.2) is 0 Å². The Morgan fingerprint density at radius 3 is 2.40 bits per heavy atom. The number of aromatic nitrogens is 1. The van der Waals surface area contributed by atoms with E-state index in [1.807, 2.05) is 59.3 Å². The molecule has 4 heteroatoms. The average Bonchev–Trinajstić information content (AvgIpc) is 2.47. The summed E-state index contributed by atoms with van der Waals surface area (Å²) >= 11 is 0. The molecule has 0 saturated heterocycles. The molecule has 0 fully saturated rings. The molecule has 0 bridgehead atoms. The van der Waals surface area contributed by atoms with E-state index in [0.29, 0.717) is 11.9 Å². The van der Waals surface area contributed by atoms with Gasteiger partial charge < -0.3 is 0 Å². The van der Waals surface area contributed by atoms with Gasteiger partial charge in [-0.2, -0.15) is 4.57 Å². The first-order valence-electron chi connectivity index (χ1n) is 6.34. The number of rotatable bonds is 3. The summed E-state index contributed by atoms with van der Waals surface area (Å²) in [7, 11) is 0. The third kappa shape index (κ3) is 2.36. The fourth-order valence-electron chi connectivity index (χ4n) is 2.32. The smallest absolute Gasteiger partial charge is 0.258 e. The molecule has 1 heterocycles. The van der Waals surface area contributed by atoms with E-state index < -0.39 is 0 Å². The van der Waals surface area contributed by atoms with Crippen molar-refractivity contribution >= 4 is 16.5 Å². The van der Waals surface area contributed by atoms with Gasteiger partial charge in [-0.3, -0.25) is 10.1 Å². The minimum atomic E-state index is -0.330. The van der Waals surface area contributed by atoms with E-state index in [-0.39, 0.29) is 10.6 Å². The lowest BCUT2D eigenvalue weighted by Crippen LogP contribution is -2.33. The Bertz CT molecular complexity index is 770. The van der Waals surface area contributed by atoms with Crippen LogP contribution in [0.5, 0.6) is 0 Å². The monoisotopic (exact) mass is 265 g/mol. The second-order valence-electron chi connectivity index (χ2n) is 4.65. The lowest BCUT2D eigenvalue weighted by molar-refractivity contribution is -0.689. The highest BCUT2D eigenvalue weighted by Crippen LogP contribution is 2.22. The zero-order chi connectivity index (χ0) is 13.9. The molecule has 3 rings (SSSR count). The fraction of sp³-hybridized carbons (Fsp3) is 0.0625. The van der Waals surface area contributed by atoms with Gasteiger partial charge in [0.15, 0.2) is 12.7 Å². The first-order valence-corrected chi connectivity index (χ1v) is 6.34. The molecule has 0 spiro atoms. The molecule has 0 N–H and O–H groups in total. The van der Waals surface area contributed by atoms with E-state index >= 15 is 0 Å². The van der Waals surface area contributed by atoms with Crippen LogP contribution in [-0.4, -0.2) is 4.92 Å². The highest BCUT2D eigenvalue weighted by Gasteiger charge is 2.18. The second kappa shape index (κ2) is 5.09. The lowest BCUT2D eigenvalue weighted by atomic mass is 10.1. The molecular formula is C16H13N2O2+. The number of fused-ring (bicyclic) bond motifs is 1. The molecule has 2 aromatic carbocycles. The van der Waals surface area contributed by atoms with Crippen LogP contribution in [0.2, 0.25) is 0 Å². The van der Waals surface area contributed by atoms with Crippen molar-refractivity contribution in [2.24, 2.45) is 0 Å². The molecule has 0 unspecified atom stereocenters. The SMILES string of the molecule is O=[N+]([O-])c1c[n+](Cc2ccccc2)cc2ccccc12. The standard InChI is InChI=1S/C16H13N2O2/c19-18(20)16-12-17(10-13-6-2-1-3-7-13)11-14-8-4-5-9-15(14)16/h1-9,11-12H,10H2/q+1. The van der Waals surface area contributed by atoms with Crippen molar-refractivity contribution in [1.82, 2.24) is 0 Å². The molecule has 1 aromatic heterocycles. The van der Waals surface area contributed by atoms with Crippen LogP contribution in [-0.2, 0) is 6.54 Å². The Hall–Kier alpha value is -2.75. The summed E-state index contributed by atoms with van der Waals surface area (Å²) in [6, 6.07) is 17.3. The van der Waals surface area contributed by atoms with Gasteiger partial charge in [-0.1, -0.05) is 42.5 Å². The summed E-state index contributed by atoms with van der Waals surface area (Å²) in [6.45, 7) is 0.618. The Kier molecular flexibility index (Phi) is 3.13. The molecule has 0 saturated carbocycles. The third-order valence-electron chi connectivity index (χ3n) is 3.23.